The Labute approximate surface area is 257 Å². The zero-order chi connectivity index (χ0) is 30.2. The molecule has 0 heterocycles. The number of anilines is 1. The normalized spacial score (nSPS) is 12.2. The Morgan fingerprint density at radius 3 is 2.12 bits per heavy atom. The van der Waals surface area contributed by atoms with Gasteiger partial charge in [-0.1, -0.05) is 77.3 Å². The minimum atomic E-state index is -3.72. The van der Waals surface area contributed by atoms with E-state index in [4.69, 9.17) is 34.8 Å². The highest BCUT2D eigenvalue weighted by Gasteiger charge is 2.31. The van der Waals surface area contributed by atoms with Crippen molar-refractivity contribution in [2.24, 2.45) is 0 Å². The maximum atomic E-state index is 13.8. The van der Waals surface area contributed by atoms with Gasteiger partial charge in [0.05, 0.1) is 17.0 Å². The Hall–Kier alpha value is -2.78. The number of halogens is 3. The third kappa shape index (κ3) is 9.92. The van der Waals surface area contributed by atoms with E-state index in [0.29, 0.717) is 16.5 Å². The molecular weight excluding hydrogens is 605 g/mol. The summed E-state index contributed by atoms with van der Waals surface area (Å²) >= 11 is 18.5. The Morgan fingerprint density at radius 1 is 0.878 bits per heavy atom. The van der Waals surface area contributed by atoms with Crippen LogP contribution < -0.4 is 9.62 Å². The summed E-state index contributed by atoms with van der Waals surface area (Å²) in [5, 5.41) is 4.07. The lowest BCUT2D eigenvalue weighted by Crippen LogP contribution is -2.51. The van der Waals surface area contributed by atoms with E-state index in [9.17, 15) is 18.0 Å². The smallest absolute Gasteiger partial charge is 0.243 e. The number of benzene rings is 3. The minimum absolute atomic E-state index is 0.000955. The Balaban J connectivity index is 1.89. The molecule has 7 nitrogen and oxygen atoms in total. The van der Waals surface area contributed by atoms with Gasteiger partial charge in [0, 0.05) is 42.0 Å². The summed E-state index contributed by atoms with van der Waals surface area (Å²) < 4.78 is 26.4. The van der Waals surface area contributed by atoms with E-state index in [1.807, 2.05) is 56.3 Å². The number of carbonyl (C=O) groups is 2. The van der Waals surface area contributed by atoms with Gasteiger partial charge in [0.25, 0.3) is 0 Å². The van der Waals surface area contributed by atoms with Crippen LogP contribution in [0.4, 0.5) is 5.69 Å². The lowest BCUT2D eigenvalue weighted by Gasteiger charge is -2.32. The van der Waals surface area contributed by atoms with Crippen LogP contribution in [0.5, 0.6) is 0 Å². The van der Waals surface area contributed by atoms with Gasteiger partial charge in [-0.05, 0) is 61.7 Å². The van der Waals surface area contributed by atoms with Crippen LogP contribution >= 0.6 is 34.8 Å². The van der Waals surface area contributed by atoms with Crippen molar-refractivity contribution >= 4 is 62.3 Å². The van der Waals surface area contributed by atoms with Crippen molar-refractivity contribution in [2.45, 2.75) is 51.7 Å². The second-order valence-electron chi connectivity index (χ2n) is 10.1. The van der Waals surface area contributed by atoms with E-state index in [0.717, 1.165) is 21.7 Å². The van der Waals surface area contributed by atoms with Crippen molar-refractivity contribution in [3.63, 3.8) is 0 Å². The summed E-state index contributed by atoms with van der Waals surface area (Å²) in [7, 11) is -3.72. The molecule has 0 bridgehead atoms. The molecule has 1 atom stereocenters. The molecule has 0 radical (unpaired) electrons. The monoisotopic (exact) mass is 637 g/mol. The molecule has 0 aliphatic rings. The number of sulfonamides is 1. The van der Waals surface area contributed by atoms with Crippen molar-refractivity contribution in [3.8, 4) is 0 Å². The first kappa shape index (κ1) is 32.7. The number of hydrogen-bond donors (Lipinski definition) is 1. The van der Waals surface area contributed by atoms with Crippen molar-refractivity contribution < 1.29 is 18.0 Å². The summed E-state index contributed by atoms with van der Waals surface area (Å²) in [6.07, 6.45) is 1.57. The fraction of sp³-hybridized carbons (Fsp3) is 0.333. The van der Waals surface area contributed by atoms with Crippen LogP contribution in [-0.2, 0) is 32.6 Å². The molecule has 3 rings (SSSR count). The predicted octanol–water partition coefficient (Wildman–Crippen LogP) is 6.36. The molecule has 1 N–H and O–H groups in total. The molecule has 0 fully saturated rings. The van der Waals surface area contributed by atoms with Crippen LogP contribution in [0.15, 0.2) is 72.8 Å². The predicted molar refractivity (Wildman–Crippen MR) is 167 cm³/mol. The fourth-order valence-electron chi connectivity index (χ4n) is 4.38. The van der Waals surface area contributed by atoms with Crippen LogP contribution in [-0.4, -0.2) is 50.0 Å². The number of nitrogens with one attached hydrogen (secondary N) is 1. The van der Waals surface area contributed by atoms with E-state index in [1.165, 1.54) is 12.1 Å². The molecule has 41 heavy (non-hydrogen) atoms. The molecule has 0 spiro atoms. The number of nitrogens with zero attached hydrogens (tertiary/aromatic N) is 2. The van der Waals surface area contributed by atoms with E-state index in [2.05, 4.69) is 5.32 Å². The van der Waals surface area contributed by atoms with Gasteiger partial charge in [-0.3, -0.25) is 13.9 Å². The van der Waals surface area contributed by atoms with Crippen LogP contribution in [0, 0.1) is 0 Å². The maximum absolute atomic E-state index is 13.8. The molecule has 0 saturated carbocycles. The highest BCUT2D eigenvalue weighted by molar-refractivity contribution is 7.92. The van der Waals surface area contributed by atoms with Gasteiger partial charge in [0.2, 0.25) is 21.8 Å². The van der Waals surface area contributed by atoms with Gasteiger partial charge in [0.1, 0.15) is 6.04 Å². The second-order valence-corrected chi connectivity index (χ2v) is 13.2. The average Bonchev–Trinajstić information content (AvgIpc) is 2.90. The highest BCUT2D eigenvalue weighted by Crippen LogP contribution is 2.31. The summed E-state index contributed by atoms with van der Waals surface area (Å²) in [4.78, 5) is 28.9. The van der Waals surface area contributed by atoms with Crippen molar-refractivity contribution in [1.29, 1.82) is 0 Å². The Morgan fingerprint density at radius 2 is 1.51 bits per heavy atom. The zero-order valence-corrected chi connectivity index (χ0v) is 26.3. The van der Waals surface area contributed by atoms with Gasteiger partial charge in [-0.2, -0.15) is 0 Å². The first-order valence-corrected chi connectivity index (χ1v) is 16.1. The first-order valence-electron chi connectivity index (χ1n) is 13.2. The second kappa shape index (κ2) is 14.9. The van der Waals surface area contributed by atoms with Gasteiger partial charge >= 0.3 is 0 Å². The molecule has 0 aliphatic heterocycles. The summed E-state index contributed by atoms with van der Waals surface area (Å²) in [5.41, 5.74) is 1.95. The molecule has 11 heteroatoms. The SMILES string of the molecule is CC(C)NC(=O)[C@H](Cc1ccccc1)N(Cc1ccc(Cl)cc1)C(=O)CCCN(c1cc(Cl)ccc1Cl)S(C)(=O)=O. The quantitative estimate of drug-likeness (QED) is 0.236. The number of rotatable bonds is 13. The fourth-order valence-corrected chi connectivity index (χ4v) is 5.91. The average molecular weight is 639 g/mol. The van der Waals surface area contributed by atoms with E-state index >= 15 is 0 Å². The van der Waals surface area contributed by atoms with Crippen LogP contribution in [0.2, 0.25) is 15.1 Å². The molecule has 2 amide bonds. The summed E-state index contributed by atoms with van der Waals surface area (Å²) in [6.45, 7) is 3.91. The number of hydrogen-bond acceptors (Lipinski definition) is 4. The van der Waals surface area contributed by atoms with Crippen molar-refractivity contribution in [2.75, 3.05) is 17.1 Å². The van der Waals surface area contributed by atoms with Crippen LogP contribution in [0.25, 0.3) is 0 Å². The van der Waals surface area contributed by atoms with E-state index < -0.39 is 16.1 Å². The lowest BCUT2D eigenvalue weighted by molar-refractivity contribution is -0.141. The third-order valence-corrected chi connectivity index (χ3v) is 8.28. The molecule has 0 aromatic heterocycles. The van der Waals surface area contributed by atoms with Gasteiger partial charge in [-0.15, -0.1) is 0 Å². The van der Waals surface area contributed by atoms with Crippen LogP contribution in [0.3, 0.4) is 0 Å². The molecule has 0 aliphatic carbocycles. The largest absolute Gasteiger partial charge is 0.352 e. The Bertz CT molecular complexity index is 1440. The molecule has 3 aromatic rings. The summed E-state index contributed by atoms with van der Waals surface area (Å²) in [5.74, 6) is -0.555. The molecular formula is C30H34Cl3N3O4S. The maximum Gasteiger partial charge on any atom is 0.243 e. The standard InChI is InChI=1S/C30H34Cl3N3O4S/c1-21(2)34-30(38)28(18-22-8-5-4-6-9-22)35(20-23-11-13-24(31)14-12-23)29(37)10-7-17-36(41(3,39)40)27-19-25(32)15-16-26(27)33/h4-6,8-9,11-16,19,21,28H,7,10,17-18,20H2,1-3H3,(H,34,38)/t28-/m0/s1. The molecule has 220 valence electrons. The number of amides is 2. The van der Waals surface area contributed by atoms with Gasteiger partial charge in [0.15, 0.2) is 0 Å². The third-order valence-electron chi connectivity index (χ3n) is 6.30. The minimum Gasteiger partial charge on any atom is -0.352 e. The first-order chi connectivity index (χ1) is 19.3. The topological polar surface area (TPSA) is 86.8 Å². The van der Waals surface area contributed by atoms with Gasteiger partial charge < -0.3 is 10.2 Å². The molecule has 3 aromatic carbocycles. The Kier molecular flexibility index (Phi) is 11.9. The number of carbonyl (C=O) groups excluding carboxylic acids is 2. The summed E-state index contributed by atoms with van der Waals surface area (Å²) in [6, 6.07) is 20.3. The zero-order valence-electron chi connectivity index (χ0n) is 23.2. The highest BCUT2D eigenvalue weighted by atomic mass is 35.5. The lowest BCUT2D eigenvalue weighted by atomic mass is 10.0. The van der Waals surface area contributed by atoms with Crippen molar-refractivity contribution in [3.05, 3.63) is 99.0 Å². The van der Waals surface area contributed by atoms with Crippen molar-refractivity contribution in [1.82, 2.24) is 10.2 Å². The van der Waals surface area contributed by atoms with E-state index in [-0.39, 0.29) is 54.5 Å². The van der Waals surface area contributed by atoms with Crippen LogP contribution in [0.1, 0.15) is 37.8 Å². The molecule has 0 unspecified atom stereocenters. The van der Waals surface area contributed by atoms with E-state index in [1.54, 1.807) is 23.1 Å². The molecule has 0 saturated heterocycles. The van der Waals surface area contributed by atoms with Gasteiger partial charge in [-0.25, -0.2) is 8.42 Å².